The van der Waals surface area contributed by atoms with E-state index in [1.165, 1.54) is 19.3 Å². The number of hydrogen-bond acceptors (Lipinski definition) is 2. The molecule has 1 aliphatic rings. The van der Waals surface area contributed by atoms with Crippen molar-refractivity contribution < 1.29 is 4.79 Å². The second-order valence-electron chi connectivity index (χ2n) is 6.79. The van der Waals surface area contributed by atoms with Crippen LogP contribution >= 0.6 is 0 Å². The summed E-state index contributed by atoms with van der Waals surface area (Å²) in [6, 6.07) is 0.513. The number of hydrogen-bond donors (Lipinski definition) is 2. The van der Waals surface area contributed by atoms with Gasteiger partial charge >= 0.3 is 0 Å². The lowest BCUT2D eigenvalue weighted by Gasteiger charge is -2.32. The van der Waals surface area contributed by atoms with Gasteiger partial charge in [0.25, 0.3) is 0 Å². The number of nitrogens with one attached hydrogen (secondary N) is 2. The van der Waals surface area contributed by atoms with Crippen molar-refractivity contribution in [2.75, 3.05) is 6.54 Å². The van der Waals surface area contributed by atoms with E-state index in [2.05, 4.69) is 24.5 Å². The van der Waals surface area contributed by atoms with E-state index >= 15 is 0 Å². The van der Waals surface area contributed by atoms with Gasteiger partial charge in [0, 0.05) is 11.6 Å². The van der Waals surface area contributed by atoms with Gasteiger partial charge in [-0.15, -0.1) is 0 Å². The molecule has 1 saturated carbocycles. The Morgan fingerprint density at radius 3 is 2.12 bits per heavy atom. The third kappa shape index (κ3) is 6.06. The molecule has 0 aliphatic heterocycles. The lowest BCUT2D eigenvalue weighted by Crippen LogP contribution is -2.47. The van der Waals surface area contributed by atoms with Crippen molar-refractivity contribution in [1.82, 2.24) is 10.6 Å². The molecular formula is C14H28N2O. The van der Waals surface area contributed by atoms with Crippen molar-refractivity contribution in [2.24, 2.45) is 11.8 Å². The highest BCUT2D eigenvalue weighted by molar-refractivity contribution is 5.78. The second-order valence-corrected chi connectivity index (χ2v) is 6.79. The Bertz CT molecular complexity index is 247. The topological polar surface area (TPSA) is 41.1 Å². The van der Waals surface area contributed by atoms with Crippen LogP contribution in [0.25, 0.3) is 0 Å². The van der Waals surface area contributed by atoms with Gasteiger partial charge in [-0.1, -0.05) is 13.8 Å². The van der Waals surface area contributed by atoms with Gasteiger partial charge in [-0.05, 0) is 51.9 Å². The van der Waals surface area contributed by atoms with Crippen molar-refractivity contribution in [1.29, 1.82) is 0 Å². The summed E-state index contributed by atoms with van der Waals surface area (Å²) >= 11 is 0. The zero-order chi connectivity index (χ0) is 13.1. The molecule has 100 valence electrons. The van der Waals surface area contributed by atoms with Gasteiger partial charge < -0.3 is 10.6 Å². The lowest BCUT2D eigenvalue weighted by atomic mass is 9.80. The van der Waals surface area contributed by atoms with E-state index in [4.69, 9.17) is 0 Å². The van der Waals surface area contributed by atoms with Gasteiger partial charge in [0.05, 0.1) is 6.54 Å². The van der Waals surface area contributed by atoms with Crippen LogP contribution in [0.2, 0.25) is 0 Å². The van der Waals surface area contributed by atoms with Crippen molar-refractivity contribution in [3.8, 4) is 0 Å². The maximum absolute atomic E-state index is 11.7. The number of amides is 1. The predicted molar refractivity (Wildman–Crippen MR) is 71.9 cm³/mol. The molecule has 1 amide bonds. The van der Waals surface area contributed by atoms with E-state index in [9.17, 15) is 4.79 Å². The quantitative estimate of drug-likeness (QED) is 0.795. The molecular weight excluding hydrogens is 212 g/mol. The van der Waals surface area contributed by atoms with Crippen LogP contribution in [-0.2, 0) is 4.79 Å². The minimum absolute atomic E-state index is 0.100. The molecule has 2 atom stereocenters. The van der Waals surface area contributed by atoms with Crippen LogP contribution in [-0.4, -0.2) is 24.0 Å². The van der Waals surface area contributed by atoms with Crippen LogP contribution in [0.1, 0.15) is 53.9 Å². The fourth-order valence-corrected chi connectivity index (χ4v) is 2.81. The first kappa shape index (κ1) is 14.5. The van der Waals surface area contributed by atoms with Crippen molar-refractivity contribution in [3.63, 3.8) is 0 Å². The Labute approximate surface area is 106 Å². The van der Waals surface area contributed by atoms with Gasteiger partial charge in [-0.25, -0.2) is 0 Å². The van der Waals surface area contributed by atoms with Crippen molar-refractivity contribution in [3.05, 3.63) is 0 Å². The fourth-order valence-electron chi connectivity index (χ4n) is 2.81. The minimum Gasteiger partial charge on any atom is -0.350 e. The molecule has 0 radical (unpaired) electrons. The summed E-state index contributed by atoms with van der Waals surface area (Å²) in [5.41, 5.74) is -0.133. The first-order valence-electron chi connectivity index (χ1n) is 6.80. The number of carbonyl (C=O) groups is 1. The molecule has 0 spiro atoms. The smallest absolute Gasteiger partial charge is 0.234 e. The second kappa shape index (κ2) is 5.85. The summed E-state index contributed by atoms with van der Waals surface area (Å²) in [7, 11) is 0. The molecule has 0 aromatic heterocycles. The molecule has 17 heavy (non-hydrogen) atoms. The molecule has 0 saturated heterocycles. The van der Waals surface area contributed by atoms with E-state index in [-0.39, 0.29) is 11.4 Å². The Kier molecular flexibility index (Phi) is 4.99. The Morgan fingerprint density at radius 2 is 1.65 bits per heavy atom. The molecule has 0 aromatic rings. The van der Waals surface area contributed by atoms with Crippen LogP contribution in [0.3, 0.4) is 0 Å². The normalized spacial score (nSPS) is 30.1. The molecule has 2 N–H and O–H groups in total. The first-order valence-corrected chi connectivity index (χ1v) is 6.80. The summed E-state index contributed by atoms with van der Waals surface area (Å²) in [5.74, 6) is 1.66. The fraction of sp³-hybridized carbons (Fsp3) is 0.929. The van der Waals surface area contributed by atoms with Gasteiger partial charge in [0.2, 0.25) is 5.91 Å². The van der Waals surface area contributed by atoms with Gasteiger partial charge in [0.1, 0.15) is 0 Å². The van der Waals surface area contributed by atoms with Crippen molar-refractivity contribution in [2.45, 2.75) is 65.5 Å². The monoisotopic (exact) mass is 240 g/mol. The van der Waals surface area contributed by atoms with Crippen LogP contribution in [0.15, 0.2) is 0 Å². The molecule has 2 unspecified atom stereocenters. The van der Waals surface area contributed by atoms with Crippen LogP contribution in [0, 0.1) is 11.8 Å². The summed E-state index contributed by atoms with van der Waals surface area (Å²) < 4.78 is 0. The van der Waals surface area contributed by atoms with E-state index < -0.39 is 0 Å². The van der Waals surface area contributed by atoms with Crippen LogP contribution in [0.5, 0.6) is 0 Å². The van der Waals surface area contributed by atoms with E-state index in [0.717, 1.165) is 11.8 Å². The summed E-state index contributed by atoms with van der Waals surface area (Å²) in [6.07, 6.45) is 3.73. The summed E-state index contributed by atoms with van der Waals surface area (Å²) in [5, 5.41) is 6.37. The standard InChI is InChI=1S/C14H28N2O/c1-10-6-11(2)8-12(7-10)15-9-13(17)16-14(3,4)5/h10-12,15H,6-9H2,1-5H3,(H,16,17). The maximum Gasteiger partial charge on any atom is 0.234 e. The van der Waals surface area contributed by atoms with Gasteiger partial charge in [-0.2, -0.15) is 0 Å². The Hall–Kier alpha value is -0.570. The summed E-state index contributed by atoms with van der Waals surface area (Å²) in [4.78, 5) is 11.7. The van der Waals surface area contributed by atoms with Gasteiger partial charge in [0.15, 0.2) is 0 Å². The average molecular weight is 240 g/mol. The number of rotatable bonds is 3. The van der Waals surface area contributed by atoms with Crippen molar-refractivity contribution >= 4 is 5.91 Å². The molecule has 1 fully saturated rings. The highest BCUT2D eigenvalue weighted by Crippen LogP contribution is 2.28. The molecule has 0 heterocycles. The zero-order valence-electron chi connectivity index (χ0n) is 12.0. The Morgan fingerprint density at radius 1 is 1.12 bits per heavy atom. The molecule has 1 aliphatic carbocycles. The van der Waals surface area contributed by atoms with E-state index in [1.54, 1.807) is 0 Å². The number of carbonyl (C=O) groups excluding carboxylic acids is 1. The van der Waals surface area contributed by atoms with Crippen LogP contribution < -0.4 is 10.6 Å². The minimum atomic E-state index is -0.133. The molecule has 1 rings (SSSR count). The van der Waals surface area contributed by atoms with Crippen LogP contribution in [0.4, 0.5) is 0 Å². The zero-order valence-corrected chi connectivity index (χ0v) is 12.0. The van der Waals surface area contributed by atoms with E-state index in [0.29, 0.717) is 12.6 Å². The SMILES string of the molecule is CC1CC(C)CC(NCC(=O)NC(C)(C)C)C1. The molecule has 3 heteroatoms. The largest absolute Gasteiger partial charge is 0.350 e. The average Bonchev–Trinajstić information content (AvgIpc) is 2.10. The molecule has 0 aromatic carbocycles. The lowest BCUT2D eigenvalue weighted by molar-refractivity contribution is -0.121. The third-order valence-electron chi connectivity index (χ3n) is 3.24. The predicted octanol–water partition coefficient (Wildman–Crippen LogP) is 2.32. The van der Waals surface area contributed by atoms with E-state index in [1.807, 2.05) is 20.8 Å². The molecule has 3 nitrogen and oxygen atoms in total. The summed E-state index contributed by atoms with van der Waals surface area (Å²) in [6.45, 7) is 11.1. The molecule has 0 bridgehead atoms. The maximum atomic E-state index is 11.7. The third-order valence-corrected chi connectivity index (χ3v) is 3.24. The highest BCUT2D eigenvalue weighted by Gasteiger charge is 2.24. The highest BCUT2D eigenvalue weighted by atomic mass is 16.2. The van der Waals surface area contributed by atoms with Gasteiger partial charge in [-0.3, -0.25) is 4.79 Å². The first-order chi connectivity index (χ1) is 7.76. The Balaban J connectivity index is 2.28.